The molecule has 52 valence electrons. The highest BCUT2D eigenvalue weighted by Crippen LogP contribution is 2.10. The summed E-state index contributed by atoms with van der Waals surface area (Å²) in [6, 6.07) is 3.22. The van der Waals surface area contributed by atoms with Gasteiger partial charge >= 0.3 is 0 Å². The highest BCUT2D eigenvalue weighted by Gasteiger charge is 2.10. The van der Waals surface area contributed by atoms with Crippen molar-refractivity contribution < 1.29 is 14.0 Å². The summed E-state index contributed by atoms with van der Waals surface area (Å²) in [6.45, 7) is 0. The molecule has 0 fully saturated rings. The molecule has 0 aromatic carbocycles. The second-order valence-corrected chi connectivity index (χ2v) is 1.81. The third-order valence-corrected chi connectivity index (χ3v) is 1.16. The minimum Gasteiger partial charge on any atom is -0.468 e. The van der Waals surface area contributed by atoms with E-state index in [0.29, 0.717) is 18.3 Å². The molecule has 0 unspecified atom stereocenters. The molecule has 0 saturated carbocycles. The Bertz CT molecular complexity index is 205. The fourth-order valence-corrected chi connectivity index (χ4v) is 0.647. The molecule has 10 heavy (non-hydrogen) atoms. The summed E-state index contributed by atoms with van der Waals surface area (Å²) in [4.78, 5) is 20.3. The molecule has 0 N–H and O–H groups in total. The Morgan fingerprint density at radius 1 is 1.40 bits per heavy atom. The van der Waals surface area contributed by atoms with Gasteiger partial charge in [-0.15, -0.1) is 0 Å². The van der Waals surface area contributed by atoms with Gasteiger partial charge in [-0.05, 0) is 12.1 Å². The molecule has 1 aromatic heterocycles. The van der Waals surface area contributed by atoms with Gasteiger partial charge in [-0.3, -0.25) is 0 Å². The fourth-order valence-electron chi connectivity index (χ4n) is 0.647. The van der Waals surface area contributed by atoms with Crippen LogP contribution in [-0.4, -0.2) is 12.6 Å². The van der Waals surface area contributed by atoms with E-state index in [9.17, 15) is 9.59 Å². The van der Waals surface area contributed by atoms with Crippen molar-refractivity contribution in [2.24, 2.45) is 0 Å². The molecule has 0 amide bonds. The van der Waals surface area contributed by atoms with Gasteiger partial charge in [-0.2, -0.15) is 0 Å². The molecule has 1 heterocycles. The summed E-state index contributed by atoms with van der Waals surface area (Å²) in [5, 5.41) is 0. The standard InChI is InChI=1S/C7H6O3/c8-4-6(5-9)7-2-1-3-10-7/h1-6H. The van der Waals surface area contributed by atoms with Gasteiger partial charge in [-0.25, -0.2) is 0 Å². The zero-order valence-corrected chi connectivity index (χ0v) is 5.19. The number of hydrogen-bond acceptors (Lipinski definition) is 3. The number of furan rings is 1. The van der Waals surface area contributed by atoms with E-state index < -0.39 is 5.92 Å². The van der Waals surface area contributed by atoms with Gasteiger partial charge in [0.25, 0.3) is 0 Å². The molecule has 0 spiro atoms. The van der Waals surface area contributed by atoms with E-state index >= 15 is 0 Å². The van der Waals surface area contributed by atoms with Gasteiger partial charge in [-0.1, -0.05) is 0 Å². The Labute approximate surface area is 57.6 Å². The maximum absolute atomic E-state index is 10.1. The van der Waals surface area contributed by atoms with Crippen molar-refractivity contribution in [3.8, 4) is 0 Å². The Hall–Kier alpha value is -1.38. The lowest BCUT2D eigenvalue weighted by Crippen LogP contribution is -1.98. The Morgan fingerprint density at radius 3 is 2.50 bits per heavy atom. The number of hydrogen-bond donors (Lipinski definition) is 0. The summed E-state index contributed by atoms with van der Waals surface area (Å²) in [7, 11) is 0. The van der Waals surface area contributed by atoms with Crippen LogP contribution in [0, 0.1) is 0 Å². The highest BCUT2D eigenvalue weighted by molar-refractivity contribution is 5.83. The molecule has 3 heteroatoms. The van der Waals surface area contributed by atoms with Crippen molar-refractivity contribution in [2.45, 2.75) is 5.92 Å². The lowest BCUT2D eigenvalue weighted by molar-refractivity contribution is -0.116. The van der Waals surface area contributed by atoms with Crippen molar-refractivity contribution in [3.63, 3.8) is 0 Å². The minimum absolute atomic E-state index is 0.394. The lowest BCUT2D eigenvalue weighted by Gasteiger charge is -1.92. The van der Waals surface area contributed by atoms with Crippen LogP contribution in [0.2, 0.25) is 0 Å². The van der Waals surface area contributed by atoms with Crippen molar-refractivity contribution in [3.05, 3.63) is 24.2 Å². The van der Waals surface area contributed by atoms with Gasteiger partial charge < -0.3 is 14.0 Å². The van der Waals surface area contributed by atoms with Crippen LogP contribution in [0.15, 0.2) is 22.8 Å². The molecular formula is C7H6O3. The van der Waals surface area contributed by atoms with Crippen LogP contribution in [-0.2, 0) is 9.59 Å². The summed E-state index contributed by atoms with van der Waals surface area (Å²) in [5.41, 5.74) is 0. The first-order valence-electron chi connectivity index (χ1n) is 2.82. The van der Waals surface area contributed by atoms with Gasteiger partial charge in [0, 0.05) is 0 Å². The third kappa shape index (κ3) is 1.13. The predicted octanol–water partition coefficient (Wildman–Crippen LogP) is 0.761. The monoisotopic (exact) mass is 138 g/mol. The van der Waals surface area contributed by atoms with E-state index in [4.69, 9.17) is 4.42 Å². The van der Waals surface area contributed by atoms with Crippen molar-refractivity contribution in [1.29, 1.82) is 0 Å². The summed E-state index contributed by atoms with van der Waals surface area (Å²) in [5.74, 6) is -0.347. The van der Waals surface area contributed by atoms with Gasteiger partial charge in [0.05, 0.1) is 6.26 Å². The largest absolute Gasteiger partial charge is 0.468 e. The van der Waals surface area contributed by atoms with Crippen LogP contribution in [0.3, 0.4) is 0 Å². The quantitative estimate of drug-likeness (QED) is 0.457. The summed E-state index contributed by atoms with van der Waals surface area (Å²) in [6.07, 6.45) is 2.52. The van der Waals surface area contributed by atoms with Crippen LogP contribution in [0.25, 0.3) is 0 Å². The van der Waals surface area contributed by atoms with Gasteiger partial charge in [0.1, 0.15) is 24.3 Å². The smallest absolute Gasteiger partial charge is 0.137 e. The second-order valence-electron chi connectivity index (χ2n) is 1.81. The number of carbonyl (C=O) groups excluding carboxylic acids is 2. The van der Waals surface area contributed by atoms with Crippen molar-refractivity contribution in [1.82, 2.24) is 0 Å². The maximum atomic E-state index is 10.1. The average molecular weight is 138 g/mol. The molecule has 0 bridgehead atoms. The topological polar surface area (TPSA) is 47.3 Å². The van der Waals surface area contributed by atoms with E-state index in [1.54, 1.807) is 12.1 Å². The van der Waals surface area contributed by atoms with Crippen molar-refractivity contribution in [2.75, 3.05) is 0 Å². The first-order valence-corrected chi connectivity index (χ1v) is 2.82. The van der Waals surface area contributed by atoms with Crippen LogP contribution in [0.1, 0.15) is 11.7 Å². The normalized spacial score (nSPS) is 9.70. The van der Waals surface area contributed by atoms with Crippen LogP contribution >= 0.6 is 0 Å². The first kappa shape index (κ1) is 6.74. The predicted molar refractivity (Wildman–Crippen MR) is 33.6 cm³/mol. The zero-order valence-electron chi connectivity index (χ0n) is 5.19. The SMILES string of the molecule is O=CC(C=O)c1ccco1. The van der Waals surface area contributed by atoms with E-state index in [-0.39, 0.29) is 0 Å². The molecule has 1 aromatic rings. The van der Waals surface area contributed by atoms with Crippen LogP contribution in [0.5, 0.6) is 0 Å². The second kappa shape index (κ2) is 2.96. The maximum Gasteiger partial charge on any atom is 0.137 e. The molecule has 0 aliphatic rings. The third-order valence-electron chi connectivity index (χ3n) is 1.16. The molecule has 0 aliphatic carbocycles. The van der Waals surface area contributed by atoms with Crippen molar-refractivity contribution >= 4 is 12.6 Å². The zero-order chi connectivity index (χ0) is 7.40. The number of carbonyl (C=O) groups is 2. The molecular weight excluding hydrogens is 132 g/mol. The molecule has 0 radical (unpaired) electrons. The van der Waals surface area contributed by atoms with E-state index in [1.165, 1.54) is 6.26 Å². The molecule has 0 atom stereocenters. The summed E-state index contributed by atoms with van der Waals surface area (Å²) < 4.78 is 4.81. The lowest BCUT2D eigenvalue weighted by atomic mass is 10.1. The number of rotatable bonds is 3. The molecule has 0 saturated heterocycles. The van der Waals surface area contributed by atoms with E-state index in [1.807, 2.05) is 0 Å². The van der Waals surface area contributed by atoms with Crippen LogP contribution < -0.4 is 0 Å². The average Bonchev–Trinajstić information content (AvgIpc) is 2.43. The molecule has 0 aliphatic heterocycles. The highest BCUT2D eigenvalue weighted by atomic mass is 16.3. The Balaban J connectivity index is 2.82. The minimum atomic E-state index is -0.741. The Kier molecular flexibility index (Phi) is 1.99. The summed E-state index contributed by atoms with van der Waals surface area (Å²) >= 11 is 0. The van der Waals surface area contributed by atoms with Gasteiger partial charge in [0.15, 0.2) is 0 Å². The Morgan fingerprint density at radius 2 is 2.10 bits per heavy atom. The van der Waals surface area contributed by atoms with E-state index in [0.717, 1.165) is 0 Å². The van der Waals surface area contributed by atoms with E-state index in [2.05, 4.69) is 0 Å². The number of aldehydes is 2. The molecule has 1 rings (SSSR count). The fraction of sp³-hybridized carbons (Fsp3) is 0.143. The molecule has 3 nitrogen and oxygen atoms in total. The van der Waals surface area contributed by atoms with Gasteiger partial charge in [0.2, 0.25) is 0 Å². The first-order chi connectivity index (χ1) is 4.88. The van der Waals surface area contributed by atoms with Crippen LogP contribution in [0.4, 0.5) is 0 Å².